The van der Waals surface area contributed by atoms with Crippen LogP contribution in [0.25, 0.3) is 0 Å². The van der Waals surface area contributed by atoms with Crippen molar-refractivity contribution in [3.63, 3.8) is 0 Å². The number of hydrogen-bond donors (Lipinski definition) is 3. The molecule has 3 N–H and O–H groups in total. The first-order valence-electron chi connectivity index (χ1n) is 8.01. The summed E-state index contributed by atoms with van der Waals surface area (Å²) in [6.07, 6.45) is 6.64. The fourth-order valence-electron chi connectivity index (χ4n) is 3.09. The fourth-order valence-corrected chi connectivity index (χ4v) is 3.09. The third kappa shape index (κ3) is 5.53. The maximum absolute atomic E-state index is 11.7. The highest BCUT2D eigenvalue weighted by Gasteiger charge is 2.26. The minimum absolute atomic E-state index is 0.149. The molecule has 2 fully saturated rings. The molecule has 120 valence electrons. The van der Waals surface area contributed by atoms with E-state index in [0.717, 1.165) is 45.1 Å². The van der Waals surface area contributed by atoms with E-state index < -0.39 is 5.97 Å². The van der Waals surface area contributed by atoms with Gasteiger partial charge >= 0.3 is 12.0 Å². The number of hydrogen-bond acceptors (Lipinski definition) is 3. The lowest BCUT2D eigenvalue weighted by Crippen LogP contribution is -2.43. The second-order valence-corrected chi connectivity index (χ2v) is 6.14. The summed E-state index contributed by atoms with van der Waals surface area (Å²) in [5.41, 5.74) is 0. The van der Waals surface area contributed by atoms with Crippen molar-refractivity contribution >= 4 is 12.0 Å². The predicted molar refractivity (Wildman–Crippen MR) is 78.1 cm³/mol. The lowest BCUT2D eigenvalue weighted by molar-refractivity contribution is -0.143. The zero-order chi connectivity index (χ0) is 15.1. The predicted octanol–water partition coefficient (Wildman–Crippen LogP) is 1.75. The molecule has 21 heavy (non-hydrogen) atoms. The van der Waals surface area contributed by atoms with Gasteiger partial charge in [-0.2, -0.15) is 0 Å². The maximum Gasteiger partial charge on any atom is 0.314 e. The highest BCUT2D eigenvalue weighted by Crippen LogP contribution is 2.28. The summed E-state index contributed by atoms with van der Waals surface area (Å²) in [6.45, 7) is 1.99. The van der Waals surface area contributed by atoms with Crippen LogP contribution in [0.15, 0.2) is 0 Å². The van der Waals surface area contributed by atoms with Gasteiger partial charge in [0.25, 0.3) is 0 Å². The van der Waals surface area contributed by atoms with Gasteiger partial charge in [0.2, 0.25) is 0 Å². The van der Waals surface area contributed by atoms with E-state index in [0.29, 0.717) is 19.0 Å². The minimum Gasteiger partial charge on any atom is -0.481 e. The molecule has 2 rings (SSSR count). The van der Waals surface area contributed by atoms with Gasteiger partial charge in [0, 0.05) is 19.7 Å². The minimum atomic E-state index is -0.688. The molecular weight excluding hydrogens is 272 g/mol. The van der Waals surface area contributed by atoms with Crippen LogP contribution >= 0.6 is 0 Å². The smallest absolute Gasteiger partial charge is 0.314 e. The lowest BCUT2D eigenvalue weighted by Gasteiger charge is -2.26. The summed E-state index contributed by atoms with van der Waals surface area (Å²) < 4.78 is 5.56. The van der Waals surface area contributed by atoms with Crippen LogP contribution in [0.3, 0.4) is 0 Å². The molecule has 1 aliphatic heterocycles. The first-order chi connectivity index (χ1) is 10.1. The Morgan fingerprint density at radius 2 is 1.71 bits per heavy atom. The van der Waals surface area contributed by atoms with E-state index in [1.165, 1.54) is 6.42 Å². The standard InChI is InChI=1S/C15H26N2O4/c18-14(19)12-6-4-11(5-7-12)9-16-15(20)17-10-13-3-1-2-8-21-13/h11-13H,1-10H2,(H,18,19)(H2,16,17,20). The average Bonchev–Trinajstić information content (AvgIpc) is 2.52. The van der Waals surface area contributed by atoms with Gasteiger partial charge in [0.1, 0.15) is 0 Å². The Kier molecular flexibility index (Phi) is 6.29. The Hall–Kier alpha value is -1.30. The number of carbonyl (C=O) groups excluding carboxylic acids is 1. The number of ether oxygens (including phenoxy) is 1. The Morgan fingerprint density at radius 1 is 1.00 bits per heavy atom. The molecule has 6 heteroatoms. The van der Waals surface area contributed by atoms with Crippen molar-refractivity contribution in [2.75, 3.05) is 19.7 Å². The number of amides is 2. The van der Waals surface area contributed by atoms with E-state index in [4.69, 9.17) is 9.84 Å². The molecule has 1 saturated carbocycles. The molecule has 0 aromatic heterocycles. The van der Waals surface area contributed by atoms with E-state index in [1.54, 1.807) is 0 Å². The zero-order valence-corrected chi connectivity index (χ0v) is 12.5. The van der Waals surface area contributed by atoms with E-state index in [-0.39, 0.29) is 18.1 Å². The van der Waals surface area contributed by atoms with Crippen molar-refractivity contribution in [1.82, 2.24) is 10.6 Å². The molecule has 0 aromatic rings. The van der Waals surface area contributed by atoms with E-state index in [9.17, 15) is 9.59 Å². The van der Waals surface area contributed by atoms with Crippen LogP contribution in [-0.4, -0.2) is 42.9 Å². The van der Waals surface area contributed by atoms with Crippen molar-refractivity contribution in [3.05, 3.63) is 0 Å². The number of carboxylic acids is 1. The number of nitrogens with one attached hydrogen (secondary N) is 2. The quantitative estimate of drug-likeness (QED) is 0.721. The Labute approximate surface area is 125 Å². The number of urea groups is 1. The van der Waals surface area contributed by atoms with Crippen LogP contribution in [-0.2, 0) is 9.53 Å². The molecule has 2 amide bonds. The summed E-state index contributed by atoms with van der Waals surface area (Å²) >= 11 is 0. The molecule has 0 spiro atoms. The van der Waals surface area contributed by atoms with Crippen LogP contribution in [0.2, 0.25) is 0 Å². The summed E-state index contributed by atoms with van der Waals surface area (Å²) in [5.74, 6) is -0.484. The summed E-state index contributed by atoms with van der Waals surface area (Å²) in [7, 11) is 0. The second kappa shape index (κ2) is 8.22. The zero-order valence-electron chi connectivity index (χ0n) is 12.5. The van der Waals surface area contributed by atoms with Gasteiger partial charge < -0.3 is 20.5 Å². The summed E-state index contributed by atoms with van der Waals surface area (Å²) in [5, 5.41) is 14.7. The Bertz CT molecular complexity index is 348. The molecule has 1 unspecified atom stereocenters. The highest BCUT2D eigenvalue weighted by atomic mass is 16.5. The summed E-state index contributed by atoms with van der Waals surface area (Å²) in [6, 6.07) is -0.149. The van der Waals surface area contributed by atoms with Crippen molar-refractivity contribution in [2.45, 2.75) is 51.0 Å². The van der Waals surface area contributed by atoms with Crippen LogP contribution in [0, 0.1) is 11.8 Å². The Balaban J connectivity index is 1.55. The summed E-state index contributed by atoms with van der Waals surface area (Å²) in [4.78, 5) is 22.6. The van der Waals surface area contributed by atoms with Crippen LogP contribution in [0.5, 0.6) is 0 Å². The lowest BCUT2D eigenvalue weighted by atomic mass is 9.82. The fraction of sp³-hybridized carbons (Fsp3) is 0.867. The van der Waals surface area contributed by atoms with Crippen molar-refractivity contribution in [2.24, 2.45) is 11.8 Å². The van der Waals surface area contributed by atoms with Crippen LogP contribution < -0.4 is 10.6 Å². The normalized spacial score (nSPS) is 29.6. The van der Waals surface area contributed by atoms with E-state index in [2.05, 4.69) is 10.6 Å². The van der Waals surface area contributed by atoms with Crippen LogP contribution in [0.1, 0.15) is 44.9 Å². The molecule has 0 aromatic carbocycles. The molecule has 1 aliphatic carbocycles. The number of carbonyl (C=O) groups is 2. The molecule has 1 heterocycles. The third-order valence-electron chi connectivity index (χ3n) is 4.51. The molecule has 1 atom stereocenters. The first kappa shape index (κ1) is 16.1. The average molecular weight is 298 g/mol. The number of aliphatic carboxylic acids is 1. The second-order valence-electron chi connectivity index (χ2n) is 6.14. The molecule has 0 radical (unpaired) electrons. The number of rotatable bonds is 5. The first-order valence-corrected chi connectivity index (χ1v) is 8.01. The monoisotopic (exact) mass is 298 g/mol. The van der Waals surface area contributed by atoms with Gasteiger partial charge in [-0.1, -0.05) is 0 Å². The maximum atomic E-state index is 11.7. The van der Waals surface area contributed by atoms with Gasteiger partial charge in [0.05, 0.1) is 12.0 Å². The van der Waals surface area contributed by atoms with Crippen LogP contribution in [0.4, 0.5) is 4.79 Å². The number of carboxylic acid groups (broad SMARTS) is 1. The SMILES string of the molecule is O=C(NCC1CCC(C(=O)O)CC1)NCC1CCCCO1. The molecule has 2 aliphatic rings. The van der Waals surface area contributed by atoms with Crippen molar-refractivity contribution < 1.29 is 19.4 Å². The molecule has 0 bridgehead atoms. The molecule has 6 nitrogen and oxygen atoms in total. The van der Waals surface area contributed by atoms with Gasteiger partial charge in [-0.25, -0.2) is 4.79 Å². The Morgan fingerprint density at radius 3 is 2.33 bits per heavy atom. The molecule has 1 saturated heterocycles. The molecular formula is C15H26N2O4. The van der Waals surface area contributed by atoms with Crippen molar-refractivity contribution in [1.29, 1.82) is 0 Å². The largest absolute Gasteiger partial charge is 0.481 e. The third-order valence-corrected chi connectivity index (χ3v) is 4.51. The van der Waals surface area contributed by atoms with E-state index in [1.807, 2.05) is 0 Å². The van der Waals surface area contributed by atoms with Gasteiger partial charge in [0.15, 0.2) is 0 Å². The highest BCUT2D eigenvalue weighted by molar-refractivity contribution is 5.73. The van der Waals surface area contributed by atoms with Gasteiger partial charge in [-0.15, -0.1) is 0 Å². The van der Waals surface area contributed by atoms with Gasteiger partial charge in [-0.05, 0) is 50.9 Å². The van der Waals surface area contributed by atoms with E-state index >= 15 is 0 Å². The van der Waals surface area contributed by atoms with Gasteiger partial charge in [-0.3, -0.25) is 4.79 Å². The topological polar surface area (TPSA) is 87.7 Å². The van der Waals surface area contributed by atoms with Crippen molar-refractivity contribution in [3.8, 4) is 0 Å².